The number of aromatic amines is 1. The van der Waals surface area contributed by atoms with Gasteiger partial charge in [-0.15, -0.1) is 0 Å². The molecule has 6 nitrogen and oxygen atoms in total. The number of rotatable bonds is 10. The van der Waals surface area contributed by atoms with Gasteiger partial charge >= 0.3 is 0 Å². The Labute approximate surface area is 171 Å². The fraction of sp³-hybridized carbons (Fsp3) is 0.348. The second kappa shape index (κ2) is 9.98. The molecule has 0 spiro atoms. The van der Waals surface area contributed by atoms with Crippen molar-refractivity contribution in [2.24, 2.45) is 5.73 Å². The first-order valence-corrected chi connectivity index (χ1v) is 10.0. The molecule has 0 saturated carbocycles. The number of nitrogens with two attached hydrogens (primary N) is 1. The van der Waals surface area contributed by atoms with Crippen molar-refractivity contribution in [2.45, 2.75) is 25.7 Å². The average Bonchev–Trinajstić information content (AvgIpc) is 3.17. The molecule has 1 amide bonds. The molecule has 0 saturated heterocycles. The van der Waals surface area contributed by atoms with Crippen molar-refractivity contribution in [3.05, 3.63) is 59.8 Å². The highest BCUT2D eigenvalue weighted by Gasteiger charge is 2.20. The van der Waals surface area contributed by atoms with Crippen LogP contribution < -0.4 is 20.5 Å². The molecule has 6 heteroatoms. The molecule has 1 aromatic heterocycles. The maximum Gasteiger partial charge on any atom is 0.220 e. The van der Waals surface area contributed by atoms with Gasteiger partial charge in [0.2, 0.25) is 5.91 Å². The molecule has 0 aliphatic heterocycles. The summed E-state index contributed by atoms with van der Waals surface area (Å²) in [6, 6.07) is 14.1. The molecule has 4 N–H and O–H groups in total. The number of carbonyl (C=O) groups is 1. The lowest BCUT2D eigenvalue weighted by molar-refractivity contribution is -0.121. The molecule has 1 atom stereocenters. The molecule has 3 rings (SSSR count). The van der Waals surface area contributed by atoms with Gasteiger partial charge in [0.25, 0.3) is 0 Å². The summed E-state index contributed by atoms with van der Waals surface area (Å²) in [6.45, 7) is 3.51. The van der Waals surface area contributed by atoms with E-state index < -0.39 is 0 Å². The molecule has 0 bridgehead atoms. The number of hydrogen-bond donors (Lipinski definition) is 3. The van der Waals surface area contributed by atoms with Gasteiger partial charge in [-0.05, 0) is 49.2 Å². The number of fused-ring (bicyclic) bond motifs is 1. The molecule has 0 fully saturated rings. The number of nitrogens with one attached hydrogen (secondary N) is 2. The highest BCUT2D eigenvalue weighted by atomic mass is 16.5. The van der Waals surface area contributed by atoms with Gasteiger partial charge in [0.1, 0.15) is 0 Å². The Balaban J connectivity index is 1.95. The molecule has 29 heavy (non-hydrogen) atoms. The van der Waals surface area contributed by atoms with Crippen molar-refractivity contribution in [1.82, 2.24) is 10.3 Å². The summed E-state index contributed by atoms with van der Waals surface area (Å²) in [7, 11) is 1.64. The fourth-order valence-electron chi connectivity index (χ4n) is 3.53. The summed E-state index contributed by atoms with van der Waals surface area (Å²) >= 11 is 0. The van der Waals surface area contributed by atoms with E-state index in [1.807, 2.05) is 43.5 Å². The lowest BCUT2D eigenvalue weighted by atomic mass is 9.90. The lowest BCUT2D eigenvalue weighted by Gasteiger charge is -2.20. The third-order valence-electron chi connectivity index (χ3n) is 5.00. The van der Waals surface area contributed by atoms with E-state index in [2.05, 4.69) is 22.4 Å². The maximum atomic E-state index is 12.2. The van der Waals surface area contributed by atoms with Crippen LogP contribution in [0.3, 0.4) is 0 Å². The van der Waals surface area contributed by atoms with Gasteiger partial charge in [0.05, 0.1) is 13.7 Å². The number of aromatic nitrogens is 1. The summed E-state index contributed by atoms with van der Waals surface area (Å²) in [5.41, 5.74) is 8.77. The van der Waals surface area contributed by atoms with E-state index in [4.69, 9.17) is 15.2 Å². The minimum Gasteiger partial charge on any atom is -0.493 e. The van der Waals surface area contributed by atoms with Crippen LogP contribution in [-0.4, -0.2) is 37.7 Å². The molecule has 1 unspecified atom stereocenters. The van der Waals surface area contributed by atoms with Gasteiger partial charge in [0, 0.05) is 36.0 Å². The molecule has 154 valence electrons. The number of H-pyrrole nitrogens is 1. The van der Waals surface area contributed by atoms with E-state index in [-0.39, 0.29) is 11.8 Å². The number of methoxy groups -OCH3 is 1. The molecule has 3 aromatic rings. The minimum absolute atomic E-state index is 0.0122. The van der Waals surface area contributed by atoms with Crippen LogP contribution in [-0.2, 0) is 4.79 Å². The minimum atomic E-state index is -0.0300. The smallest absolute Gasteiger partial charge is 0.220 e. The van der Waals surface area contributed by atoms with Gasteiger partial charge in [-0.25, -0.2) is 0 Å². The van der Waals surface area contributed by atoms with Crippen molar-refractivity contribution < 1.29 is 14.3 Å². The van der Waals surface area contributed by atoms with Crippen LogP contribution in [0.5, 0.6) is 11.5 Å². The zero-order valence-electron chi connectivity index (χ0n) is 17.0. The zero-order valence-corrected chi connectivity index (χ0v) is 17.0. The fourth-order valence-corrected chi connectivity index (χ4v) is 3.53. The first-order chi connectivity index (χ1) is 14.2. The van der Waals surface area contributed by atoms with Crippen LogP contribution >= 0.6 is 0 Å². The summed E-state index contributed by atoms with van der Waals surface area (Å²) in [5, 5.41) is 4.21. The molecule has 0 radical (unpaired) electrons. The van der Waals surface area contributed by atoms with Crippen molar-refractivity contribution >= 4 is 16.8 Å². The Kier molecular flexibility index (Phi) is 7.14. The highest BCUT2D eigenvalue weighted by Crippen LogP contribution is 2.35. The quantitative estimate of drug-likeness (QED) is 0.490. The Hall–Kier alpha value is -2.99. The normalized spacial score (nSPS) is 12.0. The van der Waals surface area contributed by atoms with Crippen molar-refractivity contribution in [3.63, 3.8) is 0 Å². The summed E-state index contributed by atoms with van der Waals surface area (Å²) in [5.74, 6) is 1.38. The topological polar surface area (TPSA) is 89.4 Å². The van der Waals surface area contributed by atoms with Gasteiger partial charge in [-0.3, -0.25) is 4.79 Å². The van der Waals surface area contributed by atoms with E-state index in [0.717, 1.165) is 22.0 Å². The Morgan fingerprint density at radius 3 is 2.79 bits per heavy atom. The van der Waals surface area contributed by atoms with Crippen LogP contribution in [0.2, 0.25) is 0 Å². The monoisotopic (exact) mass is 395 g/mol. The van der Waals surface area contributed by atoms with Crippen LogP contribution in [0.4, 0.5) is 0 Å². The third-order valence-corrected chi connectivity index (χ3v) is 5.00. The van der Waals surface area contributed by atoms with E-state index in [0.29, 0.717) is 44.0 Å². The van der Waals surface area contributed by atoms with E-state index in [1.165, 1.54) is 0 Å². The first kappa shape index (κ1) is 20.7. The predicted octanol–water partition coefficient (Wildman–Crippen LogP) is 3.56. The number of ether oxygens (including phenoxy) is 2. The van der Waals surface area contributed by atoms with Gasteiger partial charge in [-0.1, -0.05) is 24.3 Å². The van der Waals surface area contributed by atoms with E-state index >= 15 is 0 Å². The van der Waals surface area contributed by atoms with Crippen molar-refractivity contribution in [2.75, 3.05) is 26.8 Å². The van der Waals surface area contributed by atoms with E-state index in [1.54, 1.807) is 7.11 Å². The van der Waals surface area contributed by atoms with Crippen LogP contribution in [0.15, 0.2) is 48.7 Å². The summed E-state index contributed by atoms with van der Waals surface area (Å²) in [6.07, 6.45) is 3.13. The number of amides is 1. The summed E-state index contributed by atoms with van der Waals surface area (Å²) in [4.78, 5) is 15.5. The first-order valence-electron chi connectivity index (χ1n) is 10.0. The maximum absolute atomic E-state index is 12.2. The number of para-hydroxylation sites is 1. The molecule has 0 aliphatic carbocycles. The average molecular weight is 396 g/mol. The summed E-state index contributed by atoms with van der Waals surface area (Å²) < 4.78 is 11.2. The largest absolute Gasteiger partial charge is 0.493 e. The number of hydrogen-bond acceptors (Lipinski definition) is 4. The Morgan fingerprint density at radius 1 is 1.21 bits per heavy atom. The molecule has 1 heterocycles. The highest BCUT2D eigenvalue weighted by molar-refractivity contribution is 5.84. The van der Waals surface area contributed by atoms with E-state index in [9.17, 15) is 4.79 Å². The predicted molar refractivity (Wildman–Crippen MR) is 116 cm³/mol. The zero-order chi connectivity index (χ0) is 20.6. The SMILES string of the molecule is CCOc1ccc(C(CNC(=O)CCCN)c2c[nH]c3ccccc23)cc1OC. The molecular formula is C23H29N3O3. The second-order valence-corrected chi connectivity index (χ2v) is 6.88. The third kappa shape index (κ3) is 4.90. The second-order valence-electron chi connectivity index (χ2n) is 6.88. The Morgan fingerprint density at radius 2 is 2.03 bits per heavy atom. The lowest BCUT2D eigenvalue weighted by Crippen LogP contribution is -2.29. The Bertz CT molecular complexity index is 951. The standard InChI is InChI=1S/C23H29N3O3/c1-3-29-21-11-10-16(13-22(21)28-2)18(14-26-23(27)9-6-12-24)19-15-25-20-8-5-4-7-17(19)20/h4-5,7-8,10-11,13,15,18,25H,3,6,9,12,14,24H2,1-2H3,(H,26,27). The van der Waals surface area contributed by atoms with Crippen molar-refractivity contribution in [3.8, 4) is 11.5 Å². The van der Waals surface area contributed by atoms with Gasteiger partial charge in [0.15, 0.2) is 11.5 Å². The van der Waals surface area contributed by atoms with Crippen LogP contribution in [0, 0.1) is 0 Å². The van der Waals surface area contributed by atoms with Crippen LogP contribution in [0.1, 0.15) is 36.8 Å². The van der Waals surface area contributed by atoms with Gasteiger partial charge in [-0.2, -0.15) is 0 Å². The molecule has 0 aliphatic rings. The number of benzene rings is 2. The number of carbonyl (C=O) groups excluding carboxylic acids is 1. The molecular weight excluding hydrogens is 366 g/mol. The molecule has 2 aromatic carbocycles. The van der Waals surface area contributed by atoms with Gasteiger partial charge < -0.3 is 25.5 Å². The van der Waals surface area contributed by atoms with Crippen molar-refractivity contribution in [1.29, 1.82) is 0 Å². The van der Waals surface area contributed by atoms with Crippen LogP contribution in [0.25, 0.3) is 10.9 Å².